The van der Waals surface area contributed by atoms with Crippen molar-refractivity contribution in [2.75, 3.05) is 0 Å². The van der Waals surface area contributed by atoms with Crippen molar-refractivity contribution in [1.29, 1.82) is 0 Å². The Kier molecular flexibility index (Phi) is 10.9. The zero-order chi connectivity index (χ0) is 50.7. The first kappa shape index (κ1) is 37.3. The molecule has 1 radical (unpaired) electrons. The van der Waals surface area contributed by atoms with Crippen LogP contribution < -0.4 is 5.19 Å². The fraction of sp³-hybridized carbons (Fsp3) is 0.200. The van der Waals surface area contributed by atoms with Crippen LogP contribution in [0.2, 0.25) is 19.6 Å². The van der Waals surface area contributed by atoms with Crippen LogP contribution in [0.1, 0.15) is 58.5 Å². The molecule has 3 aromatic heterocycles. The second-order valence-electron chi connectivity index (χ2n) is 18.2. The summed E-state index contributed by atoms with van der Waals surface area (Å²) in [6.07, 6.45) is 5.07. The Bertz CT molecular complexity index is 3650. The van der Waals surface area contributed by atoms with Crippen molar-refractivity contribution in [3.8, 4) is 50.6 Å². The Hall–Kier alpha value is -5.75. The maximum absolute atomic E-state index is 8.60. The van der Waals surface area contributed by atoms with Gasteiger partial charge in [-0.1, -0.05) is 154 Å². The molecule has 0 spiro atoms. The first-order valence-electron chi connectivity index (χ1n) is 26.1. The van der Waals surface area contributed by atoms with Crippen molar-refractivity contribution in [2.24, 2.45) is 5.92 Å². The average molecular weight is 1080 g/mol. The summed E-state index contributed by atoms with van der Waals surface area (Å²) in [6, 6.07) is 54.7. The molecule has 6 heteroatoms. The molecule has 1 aliphatic carbocycles. The van der Waals surface area contributed by atoms with E-state index in [1.165, 1.54) is 79.7 Å². The average Bonchev–Trinajstić information content (AvgIpc) is 3.94. The second-order valence-corrected chi connectivity index (χ2v) is 24.3. The number of nitrogens with zero attached hydrogens (tertiary/aromatic N) is 3. The van der Waals surface area contributed by atoms with Gasteiger partial charge in [0.05, 0.1) is 24.9 Å². The van der Waals surface area contributed by atoms with Crippen LogP contribution in [0.3, 0.4) is 0 Å². The molecule has 0 fully saturated rings. The standard InChI is InChI=1S/C41H29N2S.C19H26NSi.Ir/c1-2-12-28(13-3-1)32-17-6-8-22-37(32)43-38-23-9-7-21-36(38)42-41(43)35-20-11-19-34-33-25-24-29(26-39(33)44-40(34)35)31-18-10-15-27-14-4-5-16-30(27)31;1-14(2)11-17-12-18(16-9-7-15(3)8-10-16)20-13-19(17)21(4,5)6;/h1-3,6-13,15,17-19,21-26H,4-5,14,16H2;7-9,12-14H,11H2,1-6H3;/q2*-1;/i;3D3,7D,8D,11D2;. The first-order chi connectivity index (χ1) is 34.4. The summed E-state index contributed by atoms with van der Waals surface area (Å²) in [6.45, 7) is 7.49. The second kappa shape index (κ2) is 19.2. The molecule has 0 amide bonds. The molecule has 10 aromatic rings. The molecule has 3 nitrogen and oxygen atoms in total. The predicted octanol–water partition coefficient (Wildman–Crippen LogP) is 15.7. The van der Waals surface area contributed by atoms with Gasteiger partial charge in [-0.2, -0.15) is 11.3 Å². The summed E-state index contributed by atoms with van der Waals surface area (Å²) in [5, 5.41) is 3.47. The van der Waals surface area contributed by atoms with Crippen LogP contribution in [0.5, 0.6) is 0 Å². The number of hydrogen-bond donors (Lipinski definition) is 0. The molecule has 7 aromatic carbocycles. The maximum atomic E-state index is 8.60. The summed E-state index contributed by atoms with van der Waals surface area (Å²) in [4.78, 5) is 9.72. The number of aryl methyl sites for hydroxylation is 1. The number of hydrogen-bond acceptors (Lipinski definition) is 3. The minimum Gasteiger partial charge on any atom is -0.333 e. The molecule has 0 aliphatic heterocycles. The Morgan fingerprint density at radius 2 is 1.59 bits per heavy atom. The number of benzene rings is 7. The summed E-state index contributed by atoms with van der Waals surface area (Å²) in [5.74, 6) is 0.669. The third kappa shape index (κ3) is 9.05. The van der Waals surface area contributed by atoms with Gasteiger partial charge in [0.15, 0.2) is 0 Å². The Balaban J connectivity index is 0.000000197. The minimum absolute atomic E-state index is 0. The zero-order valence-corrected chi connectivity index (χ0v) is 42.1. The van der Waals surface area contributed by atoms with Crippen LogP contribution in [0, 0.1) is 24.9 Å². The number of imidazole rings is 1. The molecule has 0 saturated heterocycles. The molecule has 331 valence electrons. The van der Waals surface area contributed by atoms with E-state index in [0.29, 0.717) is 16.8 Å². The van der Waals surface area contributed by atoms with E-state index in [2.05, 4.69) is 169 Å². The minimum atomic E-state index is -2.56. The number of aromatic nitrogens is 3. The molecule has 0 N–H and O–H groups in total. The van der Waals surface area contributed by atoms with Gasteiger partial charge >= 0.3 is 0 Å². The van der Waals surface area contributed by atoms with Crippen LogP contribution in [0.4, 0.5) is 0 Å². The molecule has 3 heterocycles. The van der Waals surface area contributed by atoms with Gasteiger partial charge in [0.2, 0.25) is 0 Å². The van der Waals surface area contributed by atoms with E-state index in [4.69, 9.17) is 14.6 Å². The molecular formula is C60H55IrN3SSi-2. The number of pyridine rings is 1. The molecule has 0 atom stereocenters. The van der Waals surface area contributed by atoms with Crippen LogP contribution in [-0.4, -0.2) is 22.6 Å². The van der Waals surface area contributed by atoms with Gasteiger partial charge in [-0.05, 0) is 111 Å². The Morgan fingerprint density at radius 1 is 0.803 bits per heavy atom. The van der Waals surface area contributed by atoms with Crippen molar-refractivity contribution in [1.82, 2.24) is 14.5 Å². The quantitative estimate of drug-likeness (QED) is 0.112. The van der Waals surface area contributed by atoms with Gasteiger partial charge in [0.25, 0.3) is 0 Å². The van der Waals surface area contributed by atoms with E-state index in [9.17, 15) is 0 Å². The van der Waals surface area contributed by atoms with E-state index >= 15 is 0 Å². The molecule has 0 unspecified atom stereocenters. The van der Waals surface area contributed by atoms with Crippen molar-refractivity contribution < 1.29 is 29.7 Å². The van der Waals surface area contributed by atoms with Crippen LogP contribution in [0.25, 0.3) is 81.8 Å². The number of para-hydroxylation sites is 3. The van der Waals surface area contributed by atoms with E-state index in [1.807, 2.05) is 25.2 Å². The van der Waals surface area contributed by atoms with Gasteiger partial charge < -0.3 is 9.55 Å². The van der Waals surface area contributed by atoms with Gasteiger partial charge in [0.1, 0.15) is 0 Å². The topological polar surface area (TPSA) is 30.7 Å². The van der Waals surface area contributed by atoms with E-state index < -0.39 is 21.3 Å². The van der Waals surface area contributed by atoms with E-state index in [1.54, 1.807) is 17.8 Å². The number of fused-ring (bicyclic) bond motifs is 5. The molecule has 1 aliphatic rings. The number of rotatable bonds is 8. The third-order valence-corrected chi connectivity index (χ3v) is 15.5. The van der Waals surface area contributed by atoms with E-state index in [0.717, 1.165) is 33.3 Å². The van der Waals surface area contributed by atoms with Crippen molar-refractivity contribution in [3.63, 3.8) is 0 Å². The van der Waals surface area contributed by atoms with Crippen molar-refractivity contribution in [3.05, 3.63) is 192 Å². The zero-order valence-electron chi connectivity index (χ0n) is 44.8. The molecular weight excluding hydrogens is 1020 g/mol. The molecule has 11 rings (SSSR count). The summed E-state index contributed by atoms with van der Waals surface area (Å²) in [7, 11) is -1.87. The smallest absolute Gasteiger partial charge is 0.0798 e. The fourth-order valence-corrected chi connectivity index (χ4v) is 11.8. The summed E-state index contributed by atoms with van der Waals surface area (Å²) < 4.78 is 60.6. The third-order valence-electron chi connectivity index (χ3n) is 12.3. The first-order valence-corrected chi connectivity index (χ1v) is 26.9. The van der Waals surface area contributed by atoms with Gasteiger partial charge in [0, 0.05) is 51.8 Å². The monoisotopic (exact) mass is 1080 g/mol. The van der Waals surface area contributed by atoms with E-state index in [-0.39, 0.29) is 43.7 Å². The summed E-state index contributed by atoms with van der Waals surface area (Å²) in [5.41, 5.74) is 13.3. The van der Waals surface area contributed by atoms with Gasteiger partial charge in [-0.3, -0.25) is 4.98 Å². The molecule has 66 heavy (non-hydrogen) atoms. The predicted molar refractivity (Wildman–Crippen MR) is 281 cm³/mol. The number of thiophene rings is 1. The van der Waals surface area contributed by atoms with Crippen LogP contribution in [0.15, 0.2) is 158 Å². The Morgan fingerprint density at radius 3 is 2.41 bits per heavy atom. The SMILES string of the molecule is [2H]c1[c-]c(-c2cc(C([2H])([2H])C(C)C)c([Si](C)(C)C)cn2)cc([2H])c1C([2H])([2H])[2H].[Ir].[c-]1ccc2c(sc3cc(-c4cccc5c4CCCC5)ccc32)c1-c1nc2ccccc2n1-c1ccccc1-c1ccccc1. The van der Waals surface area contributed by atoms with Crippen LogP contribution in [-0.2, 0) is 39.3 Å². The van der Waals surface area contributed by atoms with Crippen molar-refractivity contribution in [2.45, 2.75) is 72.4 Å². The summed E-state index contributed by atoms with van der Waals surface area (Å²) >= 11 is 1.86. The normalized spacial score (nSPS) is 14.5. The molecule has 0 saturated carbocycles. The van der Waals surface area contributed by atoms with Gasteiger partial charge in [-0.25, -0.2) is 0 Å². The van der Waals surface area contributed by atoms with Crippen LogP contribution >= 0.6 is 11.3 Å². The van der Waals surface area contributed by atoms with Gasteiger partial charge in [-0.15, -0.1) is 53.5 Å². The molecule has 0 bridgehead atoms. The largest absolute Gasteiger partial charge is 0.333 e. The Labute approximate surface area is 418 Å². The maximum Gasteiger partial charge on any atom is 0.0798 e. The fourth-order valence-electron chi connectivity index (χ4n) is 9.21. The van der Waals surface area contributed by atoms with Crippen molar-refractivity contribution >= 4 is 55.8 Å².